The number of hydrogen-bond acceptors (Lipinski definition) is 3. The second-order valence-corrected chi connectivity index (χ2v) is 7.46. The van der Waals surface area contributed by atoms with E-state index in [1.165, 1.54) is 11.1 Å². The van der Waals surface area contributed by atoms with E-state index in [1.807, 2.05) is 12.1 Å². The van der Waals surface area contributed by atoms with Gasteiger partial charge in [0.1, 0.15) is 5.75 Å². The summed E-state index contributed by atoms with van der Waals surface area (Å²) >= 11 is 0. The Balaban J connectivity index is 1.69. The fraction of sp³-hybridized carbons (Fsp3) is 0.391. The van der Waals surface area contributed by atoms with Crippen LogP contribution in [0.4, 0.5) is 0 Å². The van der Waals surface area contributed by atoms with E-state index in [0.717, 1.165) is 44.9 Å². The van der Waals surface area contributed by atoms with Gasteiger partial charge in [-0.15, -0.1) is 6.58 Å². The maximum atomic E-state index is 5.28. The van der Waals surface area contributed by atoms with Gasteiger partial charge in [0.15, 0.2) is 0 Å². The van der Waals surface area contributed by atoms with Gasteiger partial charge < -0.3 is 4.74 Å². The molecule has 0 unspecified atom stereocenters. The van der Waals surface area contributed by atoms with Crippen molar-refractivity contribution in [3.8, 4) is 5.75 Å². The lowest BCUT2D eigenvalue weighted by atomic mass is 9.91. The van der Waals surface area contributed by atoms with Crippen molar-refractivity contribution >= 4 is 0 Å². The van der Waals surface area contributed by atoms with Crippen LogP contribution >= 0.6 is 0 Å². The predicted octanol–water partition coefficient (Wildman–Crippen LogP) is 4.35. The highest BCUT2D eigenvalue weighted by atomic mass is 16.5. The number of benzene rings is 2. The molecular formula is C23H30N2O. The topological polar surface area (TPSA) is 15.7 Å². The van der Waals surface area contributed by atoms with Crippen molar-refractivity contribution in [1.29, 1.82) is 0 Å². The predicted molar refractivity (Wildman–Crippen MR) is 108 cm³/mol. The first kappa shape index (κ1) is 18.7. The van der Waals surface area contributed by atoms with Crippen LogP contribution in [0.1, 0.15) is 24.5 Å². The molecule has 3 nitrogen and oxygen atoms in total. The molecule has 3 heteroatoms. The Bertz CT molecular complexity index is 698. The monoisotopic (exact) mass is 350 g/mol. The highest BCUT2D eigenvalue weighted by molar-refractivity contribution is 5.27. The minimum absolute atomic E-state index is 0.106. The van der Waals surface area contributed by atoms with Crippen LogP contribution in [0.5, 0.6) is 5.75 Å². The molecule has 3 rings (SSSR count). The molecule has 0 spiro atoms. The molecule has 2 aromatic rings. The summed E-state index contributed by atoms with van der Waals surface area (Å²) in [5, 5.41) is 0. The van der Waals surface area contributed by atoms with Crippen LogP contribution in [-0.2, 0) is 13.1 Å². The molecular weight excluding hydrogens is 320 g/mol. The van der Waals surface area contributed by atoms with Crippen molar-refractivity contribution < 1.29 is 4.74 Å². The molecule has 0 amide bonds. The Hall–Kier alpha value is -2.10. The Labute approximate surface area is 157 Å². The molecule has 1 aliphatic rings. The summed E-state index contributed by atoms with van der Waals surface area (Å²) in [5.74, 6) is 0.912. The summed E-state index contributed by atoms with van der Waals surface area (Å²) in [4.78, 5) is 5.18. The molecule has 0 aromatic heterocycles. The van der Waals surface area contributed by atoms with Crippen molar-refractivity contribution in [2.45, 2.75) is 32.0 Å². The molecule has 138 valence electrons. The third kappa shape index (κ3) is 4.54. The molecule has 1 fully saturated rings. The number of methoxy groups -OCH3 is 1. The number of rotatable bonds is 7. The second kappa shape index (κ2) is 8.52. The highest BCUT2D eigenvalue weighted by Gasteiger charge is 2.36. The van der Waals surface area contributed by atoms with E-state index in [9.17, 15) is 0 Å². The smallest absolute Gasteiger partial charge is 0.118 e. The van der Waals surface area contributed by atoms with Gasteiger partial charge in [0.25, 0.3) is 0 Å². The SMILES string of the molecule is C=CC[C@@]1(C)CN(Cc2ccccc2)CCN1Cc1ccc(OC)cc1. The van der Waals surface area contributed by atoms with Gasteiger partial charge in [0, 0.05) is 38.3 Å². The Kier molecular flexibility index (Phi) is 6.12. The molecule has 1 heterocycles. The van der Waals surface area contributed by atoms with Gasteiger partial charge in [-0.2, -0.15) is 0 Å². The molecule has 0 radical (unpaired) electrons. The molecule has 0 saturated carbocycles. The zero-order valence-electron chi connectivity index (χ0n) is 16.0. The van der Waals surface area contributed by atoms with E-state index in [4.69, 9.17) is 4.74 Å². The maximum Gasteiger partial charge on any atom is 0.118 e. The molecule has 1 aliphatic heterocycles. The summed E-state index contributed by atoms with van der Waals surface area (Å²) in [6, 6.07) is 19.2. The van der Waals surface area contributed by atoms with Crippen molar-refractivity contribution in [3.05, 3.63) is 78.4 Å². The van der Waals surface area contributed by atoms with Crippen LogP contribution < -0.4 is 4.74 Å². The minimum atomic E-state index is 0.106. The summed E-state index contributed by atoms with van der Waals surface area (Å²) in [6.45, 7) is 11.6. The fourth-order valence-electron chi connectivity index (χ4n) is 3.90. The zero-order valence-corrected chi connectivity index (χ0v) is 16.0. The molecule has 0 bridgehead atoms. The van der Waals surface area contributed by atoms with Crippen LogP contribution in [0.3, 0.4) is 0 Å². The van der Waals surface area contributed by atoms with Crippen molar-refractivity contribution in [1.82, 2.24) is 9.80 Å². The summed E-state index contributed by atoms with van der Waals surface area (Å²) in [6.07, 6.45) is 3.06. The highest BCUT2D eigenvalue weighted by Crippen LogP contribution is 2.28. The van der Waals surface area contributed by atoms with Gasteiger partial charge >= 0.3 is 0 Å². The van der Waals surface area contributed by atoms with Gasteiger partial charge in [0.05, 0.1) is 7.11 Å². The van der Waals surface area contributed by atoms with Gasteiger partial charge in [-0.25, -0.2) is 0 Å². The number of ether oxygens (including phenoxy) is 1. The van der Waals surface area contributed by atoms with E-state index in [2.05, 4.69) is 71.8 Å². The average molecular weight is 351 g/mol. The first-order valence-electron chi connectivity index (χ1n) is 9.38. The molecule has 1 atom stereocenters. The van der Waals surface area contributed by atoms with E-state index in [1.54, 1.807) is 7.11 Å². The first-order valence-corrected chi connectivity index (χ1v) is 9.38. The van der Waals surface area contributed by atoms with E-state index in [-0.39, 0.29) is 5.54 Å². The van der Waals surface area contributed by atoms with Gasteiger partial charge in [-0.05, 0) is 36.6 Å². The zero-order chi connectivity index (χ0) is 18.4. The van der Waals surface area contributed by atoms with Crippen LogP contribution in [0.15, 0.2) is 67.3 Å². The molecule has 1 saturated heterocycles. The number of hydrogen-bond donors (Lipinski definition) is 0. The lowest BCUT2D eigenvalue weighted by molar-refractivity contribution is 0.000383. The Morgan fingerprint density at radius 1 is 1.00 bits per heavy atom. The van der Waals surface area contributed by atoms with Crippen molar-refractivity contribution in [2.24, 2.45) is 0 Å². The Morgan fingerprint density at radius 3 is 2.35 bits per heavy atom. The average Bonchev–Trinajstić information content (AvgIpc) is 2.65. The number of piperazine rings is 1. The summed E-state index contributed by atoms with van der Waals surface area (Å²) < 4.78 is 5.28. The Morgan fingerprint density at radius 2 is 1.69 bits per heavy atom. The third-order valence-corrected chi connectivity index (χ3v) is 5.38. The molecule has 26 heavy (non-hydrogen) atoms. The molecule has 0 aliphatic carbocycles. The quantitative estimate of drug-likeness (QED) is 0.691. The van der Waals surface area contributed by atoms with Crippen molar-refractivity contribution in [2.75, 3.05) is 26.7 Å². The van der Waals surface area contributed by atoms with Gasteiger partial charge in [-0.3, -0.25) is 9.80 Å². The largest absolute Gasteiger partial charge is 0.497 e. The number of nitrogens with zero attached hydrogens (tertiary/aromatic N) is 2. The second-order valence-electron chi connectivity index (χ2n) is 7.46. The summed E-state index contributed by atoms with van der Waals surface area (Å²) in [7, 11) is 1.71. The normalized spacial score (nSPS) is 21.5. The standard InChI is InChI=1S/C23H30N2O/c1-4-14-23(2)19-24(17-20-8-6-5-7-9-20)15-16-25(23)18-21-10-12-22(26-3)13-11-21/h4-13H,1,14-19H2,2-3H3/t23-/m0/s1. The summed E-state index contributed by atoms with van der Waals surface area (Å²) in [5.41, 5.74) is 2.82. The van der Waals surface area contributed by atoms with Gasteiger partial charge in [-0.1, -0.05) is 48.5 Å². The van der Waals surface area contributed by atoms with Crippen LogP contribution in [-0.4, -0.2) is 42.1 Å². The van der Waals surface area contributed by atoms with E-state index < -0.39 is 0 Å². The molecule has 0 N–H and O–H groups in total. The first-order chi connectivity index (χ1) is 12.6. The van der Waals surface area contributed by atoms with Crippen LogP contribution in [0.25, 0.3) is 0 Å². The van der Waals surface area contributed by atoms with Gasteiger partial charge in [0.2, 0.25) is 0 Å². The van der Waals surface area contributed by atoms with Crippen LogP contribution in [0, 0.1) is 0 Å². The van der Waals surface area contributed by atoms with Crippen LogP contribution in [0.2, 0.25) is 0 Å². The molecule has 2 aromatic carbocycles. The maximum absolute atomic E-state index is 5.28. The van der Waals surface area contributed by atoms with Crippen molar-refractivity contribution in [3.63, 3.8) is 0 Å². The fourth-order valence-corrected chi connectivity index (χ4v) is 3.90. The minimum Gasteiger partial charge on any atom is -0.497 e. The third-order valence-electron chi connectivity index (χ3n) is 5.38. The van der Waals surface area contributed by atoms with E-state index >= 15 is 0 Å². The lowest BCUT2D eigenvalue weighted by Crippen LogP contribution is -2.59. The van der Waals surface area contributed by atoms with E-state index in [0.29, 0.717) is 0 Å². The lowest BCUT2D eigenvalue weighted by Gasteiger charge is -2.49.